The number of carbonyl (C=O) groups is 1. The van der Waals surface area contributed by atoms with Crippen LogP contribution in [0, 0.1) is 5.82 Å². The second-order valence-electron chi connectivity index (χ2n) is 3.58. The number of nitrogens with zero attached hydrogens (tertiary/aromatic N) is 1. The van der Waals surface area contributed by atoms with Gasteiger partial charge in [-0.2, -0.15) is 0 Å². The highest BCUT2D eigenvalue weighted by atomic mass is 19.1. The number of carboxylic acid groups (broad SMARTS) is 1. The molecule has 18 heavy (non-hydrogen) atoms. The predicted molar refractivity (Wildman–Crippen MR) is 63.1 cm³/mol. The SMILES string of the molecule is COc1ccc(F)c(-c2cc(C(=O)O)ccn2)c1. The molecule has 5 heteroatoms. The predicted octanol–water partition coefficient (Wildman–Crippen LogP) is 2.59. The van der Waals surface area contributed by atoms with Gasteiger partial charge in [-0.3, -0.25) is 4.98 Å². The summed E-state index contributed by atoms with van der Waals surface area (Å²) < 4.78 is 18.7. The number of hydrogen-bond donors (Lipinski definition) is 1. The molecule has 4 nitrogen and oxygen atoms in total. The fourth-order valence-electron chi connectivity index (χ4n) is 1.54. The van der Waals surface area contributed by atoms with E-state index in [1.807, 2.05) is 0 Å². The van der Waals surface area contributed by atoms with Crippen LogP contribution in [0.2, 0.25) is 0 Å². The highest BCUT2D eigenvalue weighted by molar-refractivity contribution is 5.88. The van der Waals surface area contributed by atoms with Gasteiger partial charge in [-0.1, -0.05) is 0 Å². The Morgan fingerprint density at radius 2 is 2.11 bits per heavy atom. The third kappa shape index (κ3) is 2.29. The summed E-state index contributed by atoms with van der Waals surface area (Å²) in [7, 11) is 1.47. The third-order valence-corrected chi connectivity index (χ3v) is 2.46. The maximum absolute atomic E-state index is 13.7. The fraction of sp³-hybridized carbons (Fsp3) is 0.0769. The van der Waals surface area contributed by atoms with Gasteiger partial charge in [-0.15, -0.1) is 0 Å². The zero-order chi connectivity index (χ0) is 13.1. The van der Waals surface area contributed by atoms with Crippen LogP contribution < -0.4 is 4.74 Å². The van der Waals surface area contributed by atoms with Crippen molar-refractivity contribution in [1.82, 2.24) is 4.98 Å². The highest BCUT2D eigenvalue weighted by Crippen LogP contribution is 2.25. The average molecular weight is 247 g/mol. The summed E-state index contributed by atoms with van der Waals surface area (Å²) in [5, 5.41) is 8.88. The van der Waals surface area contributed by atoms with Crippen molar-refractivity contribution in [1.29, 1.82) is 0 Å². The molecule has 0 amide bonds. The lowest BCUT2D eigenvalue weighted by atomic mass is 10.1. The maximum Gasteiger partial charge on any atom is 0.335 e. The standard InChI is InChI=1S/C13H10FNO3/c1-18-9-2-3-11(14)10(7-9)12-6-8(13(16)17)4-5-15-12/h2-7H,1H3,(H,16,17). The number of methoxy groups -OCH3 is 1. The van der Waals surface area contributed by atoms with E-state index in [9.17, 15) is 9.18 Å². The number of rotatable bonds is 3. The molecule has 0 aliphatic heterocycles. The van der Waals surface area contributed by atoms with Crippen LogP contribution in [0.5, 0.6) is 5.75 Å². The first-order valence-corrected chi connectivity index (χ1v) is 5.15. The summed E-state index contributed by atoms with van der Waals surface area (Å²) in [5.41, 5.74) is 0.519. The molecule has 0 saturated heterocycles. The van der Waals surface area contributed by atoms with Gasteiger partial charge in [-0.05, 0) is 30.3 Å². The lowest BCUT2D eigenvalue weighted by molar-refractivity contribution is 0.0697. The van der Waals surface area contributed by atoms with Gasteiger partial charge in [0.25, 0.3) is 0 Å². The van der Waals surface area contributed by atoms with Crippen molar-refractivity contribution in [3.8, 4) is 17.0 Å². The van der Waals surface area contributed by atoms with E-state index in [-0.39, 0.29) is 16.8 Å². The Kier molecular flexibility index (Phi) is 3.23. The molecule has 0 unspecified atom stereocenters. The van der Waals surface area contributed by atoms with Crippen molar-refractivity contribution >= 4 is 5.97 Å². The number of halogens is 1. The fourth-order valence-corrected chi connectivity index (χ4v) is 1.54. The summed E-state index contributed by atoms with van der Waals surface area (Å²) in [6.07, 6.45) is 1.33. The Morgan fingerprint density at radius 3 is 2.78 bits per heavy atom. The first-order valence-electron chi connectivity index (χ1n) is 5.15. The van der Waals surface area contributed by atoms with Crippen molar-refractivity contribution in [2.24, 2.45) is 0 Å². The summed E-state index contributed by atoms with van der Waals surface area (Å²) in [5.74, 6) is -1.08. The molecule has 1 heterocycles. The van der Waals surface area contributed by atoms with Crippen LogP contribution >= 0.6 is 0 Å². The number of ether oxygens (including phenoxy) is 1. The number of aromatic nitrogens is 1. The maximum atomic E-state index is 13.7. The smallest absolute Gasteiger partial charge is 0.335 e. The van der Waals surface area contributed by atoms with E-state index in [1.54, 1.807) is 0 Å². The molecular formula is C13H10FNO3. The third-order valence-electron chi connectivity index (χ3n) is 2.46. The quantitative estimate of drug-likeness (QED) is 0.905. The molecular weight excluding hydrogens is 237 g/mol. The first-order chi connectivity index (χ1) is 8.61. The normalized spacial score (nSPS) is 10.1. The van der Waals surface area contributed by atoms with Crippen LogP contribution in [0.15, 0.2) is 36.5 Å². The highest BCUT2D eigenvalue weighted by Gasteiger charge is 2.11. The van der Waals surface area contributed by atoms with Gasteiger partial charge >= 0.3 is 5.97 Å². The van der Waals surface area contributed by atoms with Crippen molar-refractivity contribution in [3.05, 3.63) is 47.9 Å². The van der Waals surface area contributed by atoms with Crippen molar-refractivity contribution < 1.29 is 19.0 Å². The van der Waals surface area contributed by atoms with E-state index in [4.69, 9.17) is 9.84 Å². The van der Waals surface area contributed by atoms with Crippen LogP contribution in [0.25, 0.3) is 11.3 Å². The molecule has 0 fully saturated rings. The van der Waals surface area contributed by atoms with Crippen LogP contribution in [0.1, 0.15) is 10.4 Å². The van der Waals surface area contributed by atoms with Gasteiger partial charge in [0.05, 0.1) is 18.4 Å². The van der Waals surface area contributed by atoms with Crippen LogP contribution in [0.4, 0.5) is 4.39 Å². The second kappa shape index (κ2) is 4.83. The van der Waals surface area contributed by atoms with Gasteiger partial charge in [0, 0.05) is 11.8 Å². The first kappa shape index (κ1) is 12.0. The topological polar surface area (TPSA) is 59.4 Å². The number of carboxylic acids is 1. The zero-order valence-corrected chi connectivity index (χ0v) is 9.55. The molecule has 0 atom stereocenters. The average Bonchev–Trinajstić information content (AvgIpc) is 2.39. The van der Waals surface area contributed by atoms with Gasteiger partial charge in [-0.25, -0.2) is 9.18 Å². The number of aromatic carboxylic acids is 1. The lowest BCUT2D eigenvalue weighted by Gasteiger charge is -2.06. The van der Waals surface area contributed by atoms with Crippen LogP contribution in [-0.2, 0) is 0 Å². The Bertz CT molecular complexity index is 599. The van der Waals surface area contributed by atoms with Gasteiger partial charge < -0.3 is 9.84 Å². The molecule has 1 N–H and O–H groups in total. The molecule has 0 aliphatic rings. The largest absolute Gasteiger partial charge is 0.497 e. The minimum Gasteiger partial charge on any atom is -0.497 e. The summed E-state index contributed by atoms with van der Waals surface area (Å²) >= 11 is 0. The number of hydrogen-bond acceptors (Lipinski definition) is 3. The van der Waals surface area contributed by atoms with E-state index >= 15 is 0 Å². The molecule has 0 radical (unpaired) electrons. The molecule has 0 bridgehead atoms. The van der Waals surface area contributed by atoms with Gasteiger partial charge in [0.15, 0.2) is 0 Å². The van der Waals surface area contributed by atoms with E-state index in [0.717, 1.165) is 0 Å². The Labute approximate surface area is 103 Å². The summed E-state index contributed by atoms with van der Waals surface area (Å²) in [6, 6.07) is 6.89. The Morgan fingerprint density at radius 1 is 1.33 bits per heavy atom. The van der Waals surface area contributed by atoms with Crippen molar-refractivity contribution in [2.45, 2.75) is 0 Å². The van der Waals surface area contributed by atoms with E-state index in [2.05, 4.69) is 4.98 Å². The summed E-state index contributed by atoms with van der Waals surface area (Å²) in [6.45, 7) is 0. The molecule has 0 aliphatic carbocycles. The zero-order valence-electron chi connectivity index (χ0n) is 9.55. The van der Waals surface area contributed by atoms with E-state index in [1.165, 1.54) is 43.6 Å². The molecule has 1 aromatic carbocycles. The van der Waals surface area contributed by atoms with Crippen molar-refractivity contribution in [2.75, 3.05) is 7.11 Å². The van der Waals surface area contributed by atoms with Crippen molar-refractivity contribution in [3.63, 3.8) is 0 Å². The molecule has 0 saturated carbocycles. The monoisotopic (exact) mass is 247 g/mol. The minimum absolute atomic E-state index is 0.0576. The second-order valence-corrected chi connectivity index (χ2v) is 3.58. The Hall–Kier alpha value is -2.43. The van der Waals surface area contributed by atoms with Crippen LogP contribution in [-0.4, -0.2) is 23.2 Å². The van der Waals surface area contributed by atoms with Gasteiger partial charge in [0.1, 0.15) is 11.6 Å². The molecule has 92 valence electrons. The van der Waals surface area contributed by atoms with Crippen LogP contribution in [0.3, 0.4) is 0 Å². The van der Waals surface area contributed by atoms with E-state index < -0.39 is 11.8 Å². The molecule has 2 aromatic rings. The van der Waals surface area contributed by atoms with E-state index in [0.29, 0.717) is 5.75 Å². The summed E-state index contributed by atoms with van der Waals surface area (Å²) in [4.78, 5) is 14.8. The number of benzene rings is 1. The molecule has 0 spiro atoms. The number of pyridine rings is 1. The molecule has 2 rings (SSSR count). The molecule has 1 aromatic heterocycles. The Balaban J connectivity index is 2.54. The minimum atomic E-state index is -1.08. The lowest BCUT2D eigenvalue weighted by Crippen LogP contribution is -1.98. The van der Waals surface area contributed by atoms with Gasteiger partial charge in [0.2, 0.25) is 0 Å².